The van der Waals surface area contributed by atoms with E-state index in [1.807, 2.05) is 0 Å². The summed E-state index contributed by atoms with van der Waals surface area (Å²) in [5.41, 5.74) is 8.90. The third-order valence-corrected chi connectivity index (χ3v) is 26.1. The molecule has 0 fully saturated rings. The predicted octanol–water partition coefficient (Wildman–Crippen LogP) is 7.06. The second-order valence-electron chi connectivity index (χ2n) is 9.22. The molecule has 6 rings (SSSR count). The van der Waals surface area contributed by atoms with E-state index in [9.17, 15) is 0 Å². The van der Waals surface area contributed by atoms with Crippen LogP contribution in [0.25, 0.3) is 11.1 Å². The van der Waals surface area contributed by atoms with Crippen LogP contribution in [0.4, 0.5) is 0 Å². The molecule has 1 atom stereocenters. The molecule has 2 aliphatic carbocycles. The second kappa shape index (κ2) is 11.0. The Morgan fingerprint density at radius 3 is 1.89 bits per heavy atom. The Bertz CT molecular complexity index is 1400. The van der Waals surface area contributed by atoms with Crippen LogP contribution in [-0.4, -0.2) is 6.88 Å². The molecule has 0 heterocycles. The van der Waals surface area contributed by atoms with Crippen molar-refractivity contribution in [1.82, 2.24) is 0 Å². The molecule has 0 aromatic heterocycles. The fraction of sp³-hybridized carbons (Fsp3) is 0.0968. The second-order valence-corrected chi connectivity index (χ2v) is 24.9. The molecule has 1 unspecified atom stereocenters. The van der Waals surface area contributed by atoms with Gasteiger partial charge in [0.25, 0.3) is 0 Å². The number of hydrogen-bond acceptors (Lipinski definition) is 0. The summed E-state index contributed by atoms with van der Waals surface area (Å²) in [7, 11) is 0. The van der Waals surface area contributed by atoms with E-state index in [0.717, 1.165) is 12.8 Å². The Balaban J connectivity index is 0.00000144. The topological polar surface area (TPSA) is 0 Å². The van der Waals surface area contributed by atoms with Gasteiger partial charge in [-0.2, -0.15) is 0 Å². The Morgan fingerprint density at radius 2 is 1.26 bits per heavy atom. The van der Waals surface area contributed by atoms with E-state index in [4.69, 9.17) is 0 Å². The Kier molecular flexibility index (Phi) is 8.19. The van der Waals surface area contributed by atoms with Gasteiger partial charge in [0.05, 0.1) is 0 Å². The van der Waals surface area contributed by atoms with Crippen molar-refractivity contribution in [3.05, 3.63) is 147 Å². The van der Waals surface area contributed by atoms with Gasteiger partial charge in [-0.3, -0.25) is 0 Å². The summed E-state index contributed by atoms with van der Waals surface area (Å²) in [6.07, 6.45) is 9.28. The molecule has 0 N–H and O–H groups in total. The van der Waals surface area contributed by atoms with E-state index in [1.165, 1.54) is 27.8 Å². The molecule has 35 heavy (non-hydrogen) atoms. The van der Waals surface area contributed by atoms with Crippen LogP contribution in [0.2, 0.25) is 0 Å². The summed E-state index contributed by atoms with van der Waals surface area (Å²) in [5.74, 6) is 0. The third-order valence-electron chi connectivity index (χ3n) is 7.43. The van der Waals surface area contributed by atoms with Gasteiger partial charge in [0.15, 0.2) is 0 Å². The maximum atomic E-state index is 2.49. The summed E-state index contributed by atoms with van der Waals surface area (Å²) in [6, 6.07) is 38.8. The summed E-state index contributed by atoms with van der Waals surface area (Å²) in [6.45, 7) is 2.40. The van der Waals surface area contributed by atoms with Gasteiger partial charge in [-0.15, -0.1) is 24.8 Å². The first-order chi connectivity index (χ1) is 16.3. The fourth-order valence-electron chi connectivity index (χ4n) is 5.92. The van der Waals surface area contributed by atoms with Crippen molar-refractivity contribution in [2.45, 2.75) is 16.5 Å². The van der Waals surface area contributed by atoms with Gasteiger partial charge in [0.2, 0.25) is 0 Å². The van der Waals surface area contributed by atoms with Crippen LogP contribution < -0.4 is 3.27 Å². The van der Waals surface area contributed by atoms with Crippen LogP contribution in [0.15, 0.2) is 125 Å². The van der Waals surface area contributed by atoms with Crippen molar-refractivity contribution in [3.63, 3.8) is 0 Å². The maximum absolute atomic E-state index is 3.21. The molecule has 0 saturated carbocycles. The number of halogens is 2. The first kappa shape index (κ1) is 26.1. The molecule has 4 aromatic carbocycles. The summed E-state index contributed by atoms with van der Waals surface area (Å²) >= 11 is -3.21. The van der Waals surface area contributed by atoms with E-state index in [-0.39, 0.29) is 24.8 Å². The minimum absolute atomic E-state index is 0. The van der Waals surface area contributed by atoms with E-state index in [1.54, 1.807) is 12.1 Å². The van der Waals surface area contributed by atoms with E-state index >= 15 is 0 Å². The first-order valence-electron chi connectivity index (χ1n) is 11.8. The molecular formula is C31H29Cl2SiZr. The van der Waals surface area contributed by atoms with Crippen molar-refractivity contribution in [3.8, 4) is 11.1 Å². The van der Waals surface area contributed by atoms with E-state index in [2.05, 4.69) is 128 Å². The molecule has 0 amide bonds. The van der Waals surface area contributed by atoms with Gasteiger partial charge >= 0.3 is 204 Å². The molecule has 0 bridgehead atoms. The van der Waals surface area contributed by atoms with Crippen molar-refractivity contribution < 1.29 is 18.9 Å². The average molecular weight is 592 g/mol. The molecule has 0 spiro atoms. The zero-order chi connectivity index (χ0) is 22.3. The molecule has 0 saturated heterocycles. The fourth-order valence-corrected chi connectivity index (χ4v) is 23.5. The number of hydrogen-bond donors (Lipinski definition) is 0. The summed E-state index contributed by atoms with van der Waals surface area (Å²) in [4.78, 5) is 0. The Hall–Kier alpha value is -1.96. The van der Waals surface area contributed by atoms with E-state index < -0.39 is 18.9 Å². The van der Waals surface area contributed by atoms with Gasteiger partial charge < -0.3 is 0 Å². The molecule has 0 aliphatic heterocycles. The van der Waals surface area contributed by atoms with Crippen LogP contribution in [0, 0.1) is 0 Å². The zero-order valence-electron chi connectivity index (χ0n) is 19.6. The Morgan fingerprint density at radius 1 is 0.657 bits per heavy atom. The molecular weight excluding hydrogens is 563 g/mol. The normalized spacial score (nSPS) is 14.8. The summed E-state index contributed by atoms with van der Waals surface area (Å²) in [5, 5.41) is 0. The molecule has 0 radical (unpaired) electrons. The SMILES string of the molecule is Cl.Cl.[SiH2]=[Zr]([C]1=CC=CC1)([c]1cccc2c1Cc1ccccc1-2)[CH](c1ccccc1)c1ccccc1. The van der Waals surface area contributed by atoms with Crippen LogP contribution in [0.5, 0.6) is 0 Å². The number of allylic oxidation sites excluding steroid dienone is 4. The molecule has 2 aliphatic rings. The average Bonchev–Trinajstić information content (AvgIpc) is 3.54. The quantitative estimate of drug-likeness (QED) is 0.192. The van der Waals surface area contributed by atoms with Crippen molar-refractivity contribution in [2.75, 3.05) is 0 Å². The predicted molar refractivity (Wildman–Crippen MR) is 154 cm³/mol. The van der Waals surface area contributed by atoms with Crippen molar-refractivity contribution in [1.29, 1.82) is 0 Å². The van der Waals surface area contributed by atoms with Crippen LogP contribution in [0.1, 0.15) is 32.3 Å². The molecule has 175 valence electrons. The Labute approximate surface area is 226 Å². The van der Waals surface area contributed by atoms with Gasteiger partial charge in [0, 0.05) is 0 Å². The standard InChI is InChI=1S/C13H9.C13H11.C5H5.2ClH.H2Si.Zr/c1-3-7-12-10(5-1)9-11-6-2-4-8-13(11)12;1-3-7-12(8-4-1)11-13-9-5-2-6-10-13;1-2-4-5-3-1;;;;/h1-5,7-8H,9H2;1-11H;1-3H,4H2;2*1H;1H2;. The van der Waals surface area contributed by atoms with Gasteiger partial charge in [0.1, 0.15) is 0 Å². The van der Waals surface area contributed by atoms with Crippen LogP contribution >= 0.6 is 24.8 Å². The molecule has 0 nitrogen and oxygen atoms in total. The molecule has 4 aromatic rings. The molecule has 4 heteroatoms. The van der Waals surface area contributed by atoms with Crippen LogP contribution in [-0.2, 0) is 25.3 Å². The summed E-state index contributed by atoms with van der Waals surface area (Å²) < 4.78 is 3.84. The number of rotatable bonds is 5. The van der Waals surface area contributed by atoms with Gasteiger partial charge in [-0.25, -0.2) is 0 Å². The van der Waals surface area contributed by atoms with Crippen molar-refractivity contribution >= 4 is 35.0 Å². The number of fused-ring (bicyclic) bond motifs is 3. The van der Waals surface area contributed by atoms with Gasteiger partial charge in [-0.05, 0) is 0 Å². The van der Waals surface area contributed by atoms with E-state index in [0.29, 0.717) is 3.63 Å². The van der Waals surface area contributed by atoms with Crippen molar-refractivity contribution in [2.24, 2.45) is 0 Å². The van der Waals surface area contributed by atoms with Gasteiger partial charge in [-0.1, -0.05) is 0 Å². The third kappa shape index (κ3) is 4.51. The first-order valence-corrected chi connectivity index (χ1v) is 21.6. The number of benzene rings is 4. The monoisotopic (exact) mass is 589 g/mol. The minimum atomic E-state index is -3.21. The zero-order valence-corrected chi connectivity index (χ0v) is 25.1. The van der Waals surface area contributed by atoms with Crippen LogP contribution in [0.3, 0.4) is 0 Å².